The van der Waals surface area contributed by atoms with Crippen LogP contribution >= 0.6 is 0 Å². The molecule has 1 aliphatic rings. The lowest BCUT2D eigenvalue weighted by atomic mass is 10.1. The van der Waals surface area contributed by atoms with Gasteiger partial charge in [0.2, 0.25) is 0 Å². The Labute approximate surface area is 165 Å². The number of amides is 2. The first-order valence-corrected chi connectivity index (χ1v) is 8.98. The maximum Gasteiger partial charge on any atom is 0.270 e. The number of pyridine rings is 2. The normalized spacial score (nSPS) is 13.0. The summed E-state index contributed by atoms with van der Waals surface area (Å²) in [5, 5.41) is 5.46. The van der Waals surface area contributed by atoms with E-state index in [0.29, 0.717) is 11.3 Å². The van der Waals surface area contributed by atoms with Crippen molar-refractivity contribution >= 4 is 17.5 Å². The quantitative estimate of drug-likeness (QED) is 0.693. The molecule has 1 saturated carbocycles. The van der Waals surface area contributed by atoms with Gasteiger partial charge in [-0.1, -0.05) is 0 Å². The zero-order valence-electron chi connectivity index (χ0n) is 15.2. The van der Waals surface area contributed by atoms with Gasteiger partial charge in [-0.2, -0.15) is 0 Å². The highest BCUT2D eigenvalue weighted by Crippen LogP contribution is 2.25. The molecular formula is C21H16F2N4O2. The van der Waals surface area contributed by atoms with Gasteiger partial charge in [-0.05, 0) is 49.2 Å². The van der Waals surface area contributed by atoms with Crippen LogP contribution in [0.2, 0.25) is 0 Å². The minimum Gasteiger partial charge on any atom is -0.348 e. The number of benzene rings is 1. The lowest BCUT2D eigenvalue weighted by Crippen LogP contribution is -2.26. The highest BCUT2D eigenvalue weighted by atomic mass is 19.1. The van der Waals surface area contributed by atoms with Gasteiger partial charge in [0.25, 0.3) is 11.8 Å². The first-order chi connectivity index (χ1) is 14.0. The number of nitrogens with zero attached hydrogens (tertiary/aromatic N) is 2. The molecule has 0 unspecified atom stereocenters. The van der Waals surface area contributed by atoms with Crippen LogP contribution in [0.3, 0.4) is 0 Å². The highest BCUT2D eigenvalue weighted by Gasteiger charge is 2.24. The van der Waals surface area contributed by atoms with Crippen LogP contribution in [0, 0.1) is 11.6 Å². The van der Waals surface area contributed by atoms with Crippen LogP contribution in [0.5, 0.6) is 0 Å². The molecule has 0 atom stereocenters. The second-order valence-electron chi connectivity index (χ2n) is 6.72. The van der Waals surface area contributed by atoms with Gasteiger partial charge in [-0.25, -0.2) is 8.78 Å². The minimum atomic E-state index is -0.600. The fourth-order valence-electron chi connectivity index (χ4n) is 2.76. The molecule has 0 bridgehead atoms. The zero-order valence-corrected chi connectivity index (χ0v) is 15.2. The van der Waals surface area contributed by atoms with Crippen molar-refractivity contribution in [3.05, 3.63) is 77.9 Å². The standard InChI is InChI=1S/C21H16F2N4O2/c22-14-1-4-18(23)17(9-14)13-7-16(11-24-10-13)27-20(28)12-5-6-25-19(8-12)21(29)26-15-2-3-15/h1,4-11,15H,2-3H2,(H,26,29)(H,27,28). The van der Waals surface area contributed by atoms with Crippen molar-refractivity contribution in [1.29, 1.82) is 0 Å². The Morgan fingerprint density at radius 2 is 1.83 bits per heavy atom. The summed E-state index contributed by atoms with van der Waals surface area (Å²) in [7, 11) is 0. The van der Waals surface area contributed by atoms with Crippen molar-refractivity contribution in [2.45, 2.75) is 18.9 Å². The van der Waals surface area contributed by atoms with Crippen molar-refractivity contribution in [2.24, 2.45) is 0 Å². The second kappa shape index (κ2) is 7.75. The Morgan fingerprint density at radius 1 is 1.00 bits per heavy atom. The van der Waals surface area contributed by atoms with Crippen molar-refractivity contribution in [1.82, 2.24) is 15.3 Å². The van der Waals surface area contributed by atoms with E-state index in [-0.39, 0.29) is 28.8 Å². The summed E-state index contributed by atoms with van der Waals surface area (Å²) in [5.41, 5.74) is 1.05. The summed E-state index contributed by atoms with van der Waals surface area (Å²) in [6, 6.07) is 7.66. The molecule has 2 heterocycles. The van der Waals surface area contributed by atoms with Crippen molar-refractivity contribution < 1.29 is 18.4 Å². The predicted molar refractivity (Wildman–Crippen MR) is 102 cm³/mol. The Morgan fingerprint density at radius 3 is 2.62 bits per heavy atom. The first-order valence-electron chi connectivity index (χ1n) is 8.98. The molecule has 2 amide bonds. The number of hydrogen-bond donors (Lipinski definition) is 2. The molecule has 146 valence electrons. The molecule has 0 spiro atoms. The van der Waals surface area contributed by atoms with E-state index in [1.54, 1.807) is 0 Å². The number of rotatable bonds is 5. The average Bonchev–Trinajstić information content (AvgIpc) is 3.54. The van der Waals surface area contributed by atoms with Crippen LogP contribution < -0.4 is 10.6 Å². The molecule has 1 aliphatic carbocycles. The number of halogens is 2. The molecule has 3 aromatic rings. The predicted octanol–water partition coefficient (Wildman–Crippen LogP) is 3.57. The van der Waals surface area contributed by atoms with E-state index in [0.717, 1.165) is 31.0 Å². The SMILES string of the molecule is O=C(Nc1cncc(-c2cc(F)ccc2F)c1)c1ccnc(C(=O)NC2CC2)c1. The molecule has 6 nitrogen and oxygen atoms in total. The third kappa shape index (κ3) is 4.43. The smallest absolute Gasteiger partial charge is 0.270 e. The van der Waals surface area contributed by atoms with Gasteiger partial charge in [0, 0.05) is 35.1 Å². The van der Waals surface area contributed by atoms with Crippen LogP contribution in [-0.2, 0) is 0 Å². The monoisotopic (exact) mass is 394 g/mol. The fourth-order valence-corrected chi connectivity index (χ4v) is 2.76. The van der Waals surface area contributed by atoms with E-state index in [9.17, 15) is 18.4 Å². The molecule has 4 rings (SSSR count). The molecule has 2 aromatic heterocycles. The molecule has 0 aliphatic heterocycles. The summed E-state index contributed by atoms with van der Waals surface area (Å²) in [6.07, 6.45) is 6.04. The summed E-state index contributed by atoms with van der Waals surface area (Å²) in [4.78, 5) is 32.7. The highest BCUT2D eigenvalue weighted by molar-refractivity contribution is 6.05. The lowest BCUT2D eigenvalue weighted by Gasteiger charge is -2.09. The van der Waals surface area contributed by atoms with Gasteiger partial charge < -0.3 is 10.6 Å². The van der Waals surface area contributed by atoms with E-state index in [1.807, 2.05) is 0 Å². The number of hydrogen-bond acceptors (Lipinski definition) is 4. The van der Waals surface area contributed by atoms with E-state index in [4.69, 9.17) is 0 Å². The summed E-state index contributed by atoms with van der Waals surface area (Å²) in [6.45, 7) is 0. The van der Waals surface area contributed by atoms with E-state index in [2.05, 4.69) is 20.6 Å². The maximum atomic E-state index is 14.0. The van der Waals surface area contributed by atoms with Crippen LogP contribution in [0.15, 0.2) is 55.0 Å². The molecule has 0 radical (unpaired) electrons. The maximum absolute atomic E-state index is 14.0. The third-order valence-electron chi connectivity index (χ3n) is 4.40. The average molecular weight is 394 g/mol. The van der Waals surface area contributed by atoms with Crippen LogP contribution in [0.25, 0.3) is 11.1 Å². The van der Waals surface area contributed by atoms with Gasteiger partial charge in [0.05, 0.1) is 11.9 Å². The summed E-state index contributed by atoms with van der Waals surface area (Å²) >= 11 is 0. The fraction of sp³-hybridized carbons (Fsp3) is 0.143. The van der Waals surface area contributed by atoms with Gasteiger partial charge >= 0.3 is 0 Å². The number of carbonyl (C=O) groups excluding carboxylic acids is 2. The minimum absolute atomic E-state index is 0.0385. The second-order valence-corrected chi connectivity index (χ2v) is 6.72. The van der Waals surface area contributed by atoms with Crippen molar-refractivity contribution in [3.63, 3.8) is 0 Å². The lowest BCUT2D eigenvalue weighted by molar-refractivity contribution is 0.0946. The number of nitrogens with one attached hydrogen (secondary N) is 2. The molecule has 0 saturated heterocycles. The number of anilines is 1. The topological polar surface area (TPSA) is 84.0 Å². The van der Waals surface area contributed by atoms with E-state index < -0.39 is 17.5 Å². The Hall–Kier alpha value is -3.68. The molecular weight excluding hydrogens is 378 g/mol. The molecule has 1 fully saturated rings. The van der Waals surface area contributed by atoms with Gasteiger partial charge in [-0.15, -0.1) is 0 Å². The van der Waals surface area contributed by atoms with Gasteiger partial charge in [0.1, 0.15) is 17.3 Å². The third-order valence-corrected chi connectivity index (χ3v) is 4.40. The van der Waals surface area contributed by atoms with Crippen LogP contribution in [-0.4, -0.2) is 27.8 Å². The van der Waals surface area contributed by atoms with Gasteiger partial charge in [0.15, 0.2) is 0 Å². The largest absolute Gasteiger partial charge is 0.348 e. The first kappa shape index (κ1) is 18.7. The van der Waals surface area contributed by atoms with Crippen LogP contribution in [0.1, 0.15) is 33.7 Å². The van der Waals surface area contributed by atoms with Crippen LogP contribution in [0.4, 0.5) is 14.5 Å². The molecule has 1 aromatic carbocycles. The van der Waals surface area contributed by atoms with E-state index >= 15 is 0 Å². The Kier molecular flexibility index (Phi) is 4.99. The Balaban J connectivity index is 1.53. The van der Waals surface area contributed by atoms with Gasteiger partial charge in [-0.3, -0.25) is 19.6 Å². The van der Waals surface area contributed by atoms with Crippen molar-refractivity contribution in [3.8, 4) is 11.1 Å². The number of carbonyl (C=O) groups is 2. The molecule has 29 heavy (non-hydrogen) atoms. The van der Waals surface area contributed by atoms with Crippen molar-refractivity contribution in [2.75, 3.05) is 5.32 Å². The zero-order chi connectivity index (χ0) is 20.4. The number of aromatic nitrogens is 2. The van der Waals surface area contributed by atoms with E-state index in [1.165, 1.54) is 36.8 Å². The molecule has 2 N–H and O–H groups in total. The summed E-state index contributed by atoms with van der Waals surface area (Å²) < 4.78 is 27.5. The molecule has 8 heteroatoms. The Bertz CT molecular complexity index is 1100. The summed E-state index contributed by atoms with van der Waals surface area (Å²) in [5.74, 6) is -1.99.